The van der Waals surface area contributed by atoms with Crippen molar-refractivity contribution in [2.24, 2.45) is 5.92 Å². The molecule has 0 bridgehead atoms. The lowest BCUT2D eigenvalue weighted by Gasteiger charge is -2.25. The molecule has 0 spiro atoms. The van der Waals surface area contributed by atoms with Crippen molar-refractivity contribution in [1.29, 1.82) is 0 Å². The first-order chi connectivity index (χ1) is 15.5. The summed E-state index contributed by atoms with van der Waals surface area (Å²) in [6, 6.07) is 12.7. The molecular weight excluding hydrogens is 408 g/mol. The van der Waals surface area contributed by atoms with Crippen molar-refractivity contribution in [2.75, 3.05) is 47.5 Å². The smallest absolute Gasteiger partial charge is 0.253 e. The molecule has 4 rings (SSSR count). The Balaban J connectivity index is 1.66. The second-order valence-electron chi connectivity index (χ2n) is 8.29. The van der Waals surface area contributed by atoms with E-state index in [0.717, 1.165) is 31.5 Å². The van der Waals surface area contributed by atoms with Crippen LogP contribution in [0.15, 0.2) is 42.5 Å². The van der Waals surface area contributed by atoms with Gasteiger partial charge in [-0.05, 0) is 55.3 Å². The quantitative estimate of drug-likeness (QED) is 0.693. The van der Waals surface area contributed by atoms with Crippen molar-refractivity contribution in [3.8, 4) is 17.2 Å². The molecule has 0 aromatic heterocycles. The van der Waals surface area contributed by atoms with Gasteiger partial charge in [0.1, 0.15) is 17.2 Å². The zero-order valence-electron chi connectivity index (χ0n) is 18.9. The van der Waals surface area contributed by atoms with Crippen LogP contribution < -0.4 is 14.2 Å². The van der Waals surface area contributed by atoms with Crippen LogP contribution in [0.4, 0.5) is 0 Å². The van der Waals surface area contributed by atoms with Crippen molar-refractivity contribution in [3.63, 3.8) is 0 Å². The molecular formula is C25H30N2O5. The molecule has 2 heterocycles. The van der Waals surface area contributed by atoms with Crippen LogP contribution >= 0.6 is 0 Å². The summed E-state index contributed by atoms with van der Waals surface area (Å²) in [5, 5.41) is 0. The second kappa shape index (κ2) is 9.51. The van der Waals surface area contributed by atoms with E-state index in [0.29, 0.717) is 35.9 Å². The summed E-state index contributed by atoms with van der Waals surface area (Å²) >= 11 is 0. The van der Waals surface area contributed by atoms with Gasteiger partial charge in [-0.1, -0.05) is 0 Å². The molecule has 2 aromatic rings. The van der Waals surface area contributed by atoms with Gasteiger partial charge < -0.3 is 24.0 Å². The van der Waals surface area contributed by atoms with Gasteiger partial charge in [0.2, 0.25) is 5.91 Å². The van der Waals surface area contributed by atoms with Crippen LogP contribution in [0.3, 0.4) is 0 Å². The molecule has 7 nitrogen and oxygen atoms in total. The summed E-state index contributed by atoms with van der Waals surface area (Å²) in [5.41, 5.74) is 1.48. The third kappa shape index (κ3) is 4.24. The number of hydrogen-bond acceptors (Lipinski definition) is 5. The zero-order chi connectivity index (χ0) is 22.7. The van der Waals surface area contributed by atoms with E-state index < -0.39 is 0 Å². The second-order valence-corrected chi connectivity index (χ2v) is 8.29. The Labute approximate surface area is 188 Å². The number of rotatable bonds is 6. The predicted molar refractivity (Wildman–Crippen MR) is 120 cm³/mol. The standard InChI is InChI=1S/C25H30N2O5/c1-30-18-8-6-17(7-9-18)24(28)27-15-21(20-14-19(31-2)10-11-23(20)32-3)22(16-27)25(29)26-12-4-5-13-26/h6-11,14,21-22H,4-5,12-13,15-16H2,1-3H3. The SMILES string of the molecule is COc1ccc(C(=O)N2CC(C(=O)N3CCCC3)C(c3cc(OC)ccc3OC)C2)cc1. The van der Waals surface area contributed by atoms with Gasteiger partial charge in [0.25, 0.3) is 5.91 Å². The Bertz CT molecular complexity index is 969. The van der Waals surface area contributed by atoms with E-state index in [2.05, 4.69) is 0 Å². The largest absolute Gasteiger partial charge is 0.497 e. The first-order valence-corrected chi connectivity index (χ1v) is 11.0. The molecule has 2 unspecified atom stereocenters. The van der Waals surface area contributed by atoms with E-state index in [1.54, 1.807) is 50.5 Å². The summed E-state index contributed by atoms with van der Waals surface area (Å²) in [5.74, 6) is 1.64. The van der Waals surface area contributed by atoms with Crippen LogP contribution in [0, 0.1) is 5.92 Å². The first kappa shape index (κ1) is 22.0. The number of nitrogens with zero attached hydrogens (tertiary/aromatic N) is 2. The van der Waals surface area contributed by atoms with E-state index in [1.807, 2.05) is 23.1 Å². The van der Waals surface area contributed by atoms with Crippen LogP contribution in [0.1, 0.15) is 34.7 Å². The molecule has 0 saturated carbocycles. The van der Waals surface area contributed by atoms with Crippen molar-refractivity contribution >= 4 is 11.8 Å². The molecule has 0 radical (unpaired) electrons. The molecule has 2 aromatic carbocycles. The van der Waals surface area contributed by atoms with Gasteiger partial charge >= 0.3 is 0 Å². The number of methoxy groups -OCH3 is 3. The Morgan fingerprint density at radius 3 is 2.09 bits per heavy atom. The lowest BCUT2D eigenvalue weighted by molar-refractivity contribution is -0.134. The highest BCUT2D eigenvalue weighted by atomic mass is 16.5. The summed E-state index contributed by atoms with van der Waals surface area (Å²) in [4.78, 5) is 30.5. The van der Waals surface area contributed by atoms with Crippen LogP contribution in [-0.2, 0) is 4.79 Å². The average molecular weight is 439 g/mol. The number of amides is 2. The highest BCUT2D eigenvalue weighted by molar-refractivity contribution is 5.95. The monoisotopic (exact) mass is 438 g/mol. The third-order valence-electron chi connectivity index (χ3n) is 6.52. The zero-order valence-corrected chi connectivity index (χ0v) is 18.9. The highest BCUT2D eigenvalue weighted by Crippen LogP contribution is 2.41. The minimum Gasteiger partial charge on any atom is -0.497 e. The fourth-order valence-electron chi connectivity index (χ4n) is 4.75. The Kier molecular flexibility index (Phi) is 6.53. The number of carbonyl (C=O) groups excluding carboxylic acids is 2. The third-order valence-corrected chi connectivity index (χ3v) is 6.52. The molecule has 2 saturated heterocycles. The minimum absolute atomic E-state index is 0.0868. The van der Waals surface area contributed by atoms with Crippen molar-refractivity contribution in [1.82, 2.24) is 9.80 Å². The van der Waals surface area contributed by atoms with Crippen molar-refractivity contribution in [2.45, 2.75) is 18.8 Å². The van der Waals surface area contributed by atoms with Gasteiger partial charge in [0.05, 0.1) is 27.2 Å². The number of hydrogen-bond donors (Lipinski definition) is 0. The van der Waals surface area contributed by atoms with E-state index in [4.69, 9.17) is 14.2 Å². The van der Waals surface area contributed by atoms with E-state index in [9.17, 15) is 9.59 Å². The molecule has 2 fully saturated rings. The minimum atomic E-state index is -0.323. The Morgan fingerprint density at radius 2 is 1.47 bits per heavy atom. The van der Waals surface area contributed by atoms with Crippen LogP contribution in [-0.4, -0.2) is 69.1 Å². The molecule has 2 amide bonds. The maximum absolute atomic E-state index is 13.5. The van der Waals surface area contributed by atoms with Gasteiger partial charge in [-0.25, -0.2) is 0 Å². The molecule has 0 N–H and O–H groups in total. The number of likely N-dealkylation sites (tertiary alicyclic amines) is 2. The fraction of sp³-hybridized carbons (Fsp3) is 0.440. The number of carbonyl (C=O) groups is 2. The lowest BCUT2D eigenvalue weighted by atomic mass is 9.87. The molecule has 7 heteroatoms. The van der Waals surface area contributed by atoms with Gasteiger partial charge in [0.15, 0.2) is 0 Å². The normalized spacial score (nSPS) is 20.3. The Hall–Kier alpha value is -3.22. The average Bonchev–Trinajstić information content (AvgIpc) is 3.53. The van der Waals surface area contributed by atoms with Crippen LogP contribution in [0.25, 0.3) is 0 Å². The molecule has 2 aliphatic rings. The maximum Gasteiger partial charge on any atom is 0.253 e. The van der Waals surface area contributed by atoms with Crippen molar-refractivity contribution in [3.05, 3.63) is 53.6 Å². The molecule has 2 aliphatic heterocycles. The van der Waals surface area contributed by atoms with E-state index in [1.165, 1.54) is 0 Å². The topological polar surface area (TPSA) is 68.3 Å². The summed E-state index contributed by atoms with van der Waals surface area (Å²) in [6.45, 7) is 2.39. The van der Waals surface area contributed by atoms with Gasteiger partial charge in [-0.2, -0.15) is 0 Å². The predicted octanol–water partition coefficient (Wildman–Crippen LogP) is 3.19. The molecule has 170 valence electrons. The van der Waals surface area contributed by atoms with Gasteiger partial charge in [-0.3, -0.25) is 9.59 Å². The maximum atomic E-state index is 13.5. The fourth-order valence-corrected chi connectivity index (χ4v) is 4.75. The van der Waals surface area contributed by atoms with Crippen molar-refractivity contribution < 1.29 is 23.8 Å². The summed E-state index contributed by atoms with van der Waals surface area (Å²) in [7, 11) is 4.84. The van der Waals surface area contributed by atoms with Gasteiger partial charge in [-0.15, -0.1) is 0 Å². The number of ether oxygens (including phenoxy) is 3. The first-order valence-electron chi connectivity index (χ1n) is 11.0. The summed E-state index contributed by atoms with van der Waals surface area (Å²) in [6.07, 6.45) is 2.06. The Morgan fingerprint density at radius 1 is 0.812 bits per heavy atom. The molecule has 0 aliphatic carbocycles. The number of benzene rings is 2. The van der Waals surface area contributed by atoms with Crippen LogP contribution in [0.5, 0.6) is 17.2 Å². The lowest BCUT2D eigenvalue weighted by Crippen LogP contribution is -2.37. The van der Waals surface area contributed by atoms with Gasteiger partial charge in [0, 0.05) is 43.2 Å². The molecule has 2 atom stereocenters. The van der Waals surface area contributed by atoms with E-state index in [-0.39, 0.29) is 23.7 Å². The summed E-state index contributed by atoms with van der Waals surface area (Å²) < 4.78 is 16.3. The molecule has 32 heavy (non-hydrogen) atoms. The van der Waals surface area contributed by atoms with E-state index >= 15 is 0 Å². The van der Waals surface area contributed by atoms with Crippen LogP contribution in [0.2, 0.25) is 0 Å². The highest BCUT2D eigenvalue weighted by Gasteiger charge is 2.43.